The van der Waals surface area contributed by atoms with Crippen molar-refractivity contribution in [3.05, 3.63) is 48.9 Å². The lowest BCUT2D eigenvalue weighted by atomic mass is 10.0. The maximum Gasteiger partial charge on any atom is 0.159 e. The molecule has 1 aliphatic heterocycles. The van der Waals surface area contributed by atoms with Gasteiger partial charge >= 0.3 is 0 Å². The molecule has 0 unspecified atom stereocenters. The number of hydrogen-bond donors (Lipinski definition) is 2. The summed E-state index contributed by atoms with van der Waals surface area (Å²) in [4.78, 5) is 21.9. The van der Waals surface area contributed by atoms with Gasteiger partial charge in [0, 0.05) is 50.5 Å². The summed E-state index contributed by atoms with van der Waals surface area (Å²) in [6.07, 6.45) is 9.31. The van der Waals surface area contributed by atoms with E-state index in [1.165, 1.54) is 19.3 Å². The van der Waals surface area contributed by atoms with E-state index in [4.69, 9.17) is 4.98 Å². The van der Waals surface area contributed by atoms with E-state index >= 15 is 0 Å². The number of aromatic amines is 2. The van der Waals surface area contributed by atoms with Gasteiger partial charge in [-0.1, -0.05) is 6.07 Å². The van der Waals surface area contributed by atoms with Gasteiger partial charge in [-0.2, -0.15) is 5.10 Å². The molecule has 4 aromatic heterocycles. The molecule has 0 bridgehead atoms. The molecule has 0 saturated carbocycles. The Morgan fingerprint density at radius 2 is 1.82 bits per heavy atom. The van der Waals surface area contributed by atoms with Crippen molar-refractivity contribution >= 4 is 33.4 Å². The molecule has 6 rings (SSSR count). The molecule has 0 spiro atoms. The molecule has 0 radical (unpaired) electrons. The van der Waals surface area contributed by atoms with Gasteiger partial charge in [0.25, 0.3) is 0 Å². The van der Waals surface area contributed by atoms with Crippen LogP contribution in [0, 0.1) is 0 Å². The Morgan fingerprint density at radius 3 is 2.67 bits per heavy atom. The standard InChI is InChI=1S/C25H26N8/c1-32(2)18-12-17(14-26-15-18)16-6-7-20-19(13-16)22(31-30-20)24-28-21-8-9-27-25(23(21)29-24)33-10-4-3-5-11-33/h6-9,12-15H,3-5,10-11H2,1-2H3,(H,28,29)(H,30,31). The van der Waals surface area contributed by atoms with E-state index in [-0.39, 0.29) is 0 Å². The molecule has 5 aromatic rings. The summed E-state index contributed by atoms with van der Waals surface area (Å²) < 4.78 is 0. The fourth-order valence-electron chi connectivity index (χ4n) is 4.57. The minimum atomic E-state index is 0.750. The molecule has 0 amide bonds. The molecule has 0 aliphatic carbocycles. The molecule has 5 heterocycles. The van der Waals surface area contributed by atoms with Crippen LogP contribution in [-0.2, 0) is 0 Å². The van der Waals surface area contributed by atoms with Gasteiger partial charge in [-0.05, 0) is 49.1 Å². The quantitative estimate of drug-likeness (QED) is 0.426. The number of aromatic nitrogens is 6. The van der Waals surface area contributed by atoms with Crippen molar-refractivity contribution < 1.29 is 0 Å². The number of anilines is 2. The Hall–Kier alpha value is -3.94. The number of nitrogens with zero attached hydrogens (tertiary/aromatic N) is 6. The van der Waals surface area contributed by atoms with Crippen LogP contribution in [0.5, 0.6) is 0 Å². The van der Waals surface area contributed by atoms with Crippen molar-refractivity contribution in [2.24, 2.45) is 0 Å². The fraction of sp³-hybridized carbons (Fsp3) is 0.280. The average Bonchev–Trinajstić information content (AvgIpc) is 3.48. The van der Waals surface area contributed by atoms with Crippen LogP contribution in [0.3, 0.4) is 0 Å². The summed E-state index contributed by atoms with van der Waals surface area (Å²) >= 11 is 0. The Bertz CT molecular complexity index is 1440. The highest BCUT2D eigenvalue weighted by molar-refractivity contribution is 5.97. The number of nitrogens with one attached hydrogen (secondary N) is 2. The van der Waals surface area contributed by atoms with Gasteiger partial charge in [0.2, 0.25) is 0 Å². The molecule has 1 fully saturated rings. The Morgan fingerprint density at radius 1 is 0.939 bits per heavy atom. The van der Waals surface area contributed by atoms with E-state index in [0.29, 0.717) is 0 Å². The highest BCUT2D eigenvalue weighted by Crippen LogP contribution is 2.33. The summed E-state index contributed by atoms with van der Waals surface area (Å²) in [5.74, 6) is 1.71. The molecule has 1 aromatic carbocycles. The molecule has 166 valence electrons. The topological polar surface area (TPSA) is 89.6 Å². The third kappa shape index (κ3) is 3.47. The van der Waals surface area contributed by atoms with E-state index in [1.54, 1.807) is 0 Å². The molecule has 33 heavy (non-hydrogen) atoms. The second-order valence-electron chi connectivity index (χ2n) is 8.82. The van der Waals surface area contributed by atoms with E-state index < -0.39 is 0 Å². The Labute approximate surface area is 191 Å². The first-order valence-electron chi connectivity index (χ1n) is 11.4. The zero-order valence-corrected chi connectivity index (χ0v) is 18.8. The molecule has 8 heteroatoms. The molecule has 1 aliphatic rings. The second kappa shape index (κ2) is 7.88. The summed E-state index contributed by atoms with van der Waals surface area (Å²) in [6.45, 7) is 2.06. The third-order valence-corrected chi connectivity index (χ3v) is 6.40. The highest BCUT2D eigenvalue weighted by Gasteiger charge is 2.19. The van der Waals surface area contributed by atoms with Crippen molar-refractivity contribution in [2.45, 2.75) is 19.3 Å². The van der Waals surface area contributed by atoms with Gasteiger partial charge in [0.15, 0.2) is 11.6 Å². The summed E-state index contributed by atoms with van der Waals surface area (Å²) in [7, 11) is 4.04. The fourth-order valence-corrected chi connectivity index (χ4v) is 4.57. The Balaban J connectivity index is 1.44. The molecule has 0 atom stereocenters. The third-order valence-electron chi connectivity index (χ3n) is 6.40. The van der Waals surface area contributed by atoms with Crippen molar-refractivity contribution in [1.82, 2.24) is 30.1 Å². The van der Waals surface area contributed by atoms with Crippen molar-refractivity contribution in [3.8, 4) is 22.6 Å². The minimum absolute atomic E-state index is 0.750. The first-order valence-corrected chi connectivity index (χ1v) is 11.4. The van der Waals surface area contributed by atoms with E-state index in [2.05, 4.69) is 59.2 Å². The molecular formula is C25H26N8. The lowest BCUT2D eigenvalue weighted by Gasteiger charge is -2.27. The van der Waals surface area contributed by atoms with Gasteiger partial charge in [-0.25, -0.2) is 9.97 Å². The smallest absolute Gasteiger partial charge is 0.159 e. The number of H-pyrrole nitrogens is 2. The first-order chi connectivity index (χ1) is 16.2. The molecule has 1 saturated heterocycles. The van der Waals surface area contributed by atoms with E-state index in [0.717, 1.165) is 69.2 Å². The van der Waals surface area contributed by atoms with Crippen LogP contribution in [-0.4, -0.2) is 57.3 Å². The highest BCUT2D eigenvalue weighted by atomic mass is 15.2. The lowest BCUT2D eigenvalue weighted by Crippen LogP contribution is -2.30. The lowest BCUT2D eigenvalue weighted by molar-refractivity contribution is 0.574. The summed E-state index contributed by atoms with van der Waals surface area (Å²) in [5, 5.41) is 8.79. The monoisotopic (exact) mass is 438 g/mol. The van der Waals surface area contributed by atoms with Crippen LogP contribution in [0.15, 0.2) is 48.9 Å². The van der Waals surface area contributed by atoms with Gasteiger partial charge in [-0.3, -0.25) is 10.1 Å². The predicted molar refractivity (Wildman–Crippen MR) is 133 cm³/mol. The van der Waals surface area contributed by atoms with E-state index in [1.807, 2.05) is 38.8 Å². The molecule has 2 N–H and O–H groups in total. The van der Waals surface area contributed by atoms with Gasteiger partial charge in [0.05, 0.1) is 22.9 Å². The number of pyridine rings is 2. The van der Waals surface area contributed by atoms with Crippen LogP contribution in [0.2, 0.25) is 0 Å². The summed E-state index contributed by atoms with van der Waals surface area (Å²) in [5.41, 5.74) is 6.89. The first kappa shape index (κ1) is 19.7. The predicted octanol–water partition coefficient (Wildman–Crippen LogP) is 4.62. The van der Waals surface area contributed by atoms with Gasteiger partial charge in [0.1, 0.15) is 11.2 Å². The van der Waals surface area contributed by atoms with E-state index in [9.17, 15) is 0 Å². The van der Waals surface area contributed by atoms with Crippen molar-refractivity contribution in [2.75, 3.05) is 37.0 Å². The van der Waals surface area contributed by atoms with Crippen LogP contribution in [0.25, 0.3) is 44.6 Å². The molecule has 8 nitrogen and oxygen atoms in total. The van der Waals surface area contributed by atoms with Crippen LogP contribution in [0.4, 0.5) is 11.5 Å². The van der Waals surface area contributed by atoms with Crippen molar-refractivity contribution in [1.29, 1.82) is 0 Å². The maximum absolute atomic E-state index is 4.96. The number of fused-ring (bicyclic) bond motifs is 2. The van der Waals surface area contributed by atoms with Crippen LogP contribution >= 0.6 is 0 Å². The average molecular weight is 439 g/mol. The van der Waals surface area contributed by atoms with Gasteiger partial charge < -0.3 is 14.8 Å². The SMILES string of the molecule is CN(C)c1cncc(-c2ccc3[nH]nc(-c4nc5c(N6CCCCC6)nccc5[nH]4)c3c2)c1. The number of piperidine rings is 1. The van der Waals surface area contributed by atoms with Crippen LogP contribution < -0.4 is 9.80 Å². The van der Waals surface area contributed by atoms with Crippen molar-refractivity contribution in [3.63, 3.8) is 0 Å². The molecular weight excluding hydrogens is 412 g/mol. The minimum Gasteiger partial charge on any atom is -0.376 e. The Kier molecular flexibility index (Phi) is 4.71. The number of benzene rings is 1. The summed E-state index contributed by atoms with van der Waals surface area (Å²) in [6, 6.07) is 10.4. The van der Waals surface area contributed by atoms with Crippen LogP contribution in [0.1, 0.15) is 19.3 Å². The van der Waals surface area contributed by atoms with Gasteiger partial charge in [-0.15, -0.1) is 0 Å². The zero-order chi connectivity index (χ0) is 22.4. The number of rotatable bonds is 4. The normalized spacial score (nSPS) is 14.3. The largest absolute Gasteiger partial charge is 0.376 e. The second-order valence-corrected chi connectivity index (χ2v) is 8.82. The zero-order valence-electron chi connectivity index (χ0n) is 18.8. The number of hydrogen-bond acceptors (Lipinski definition) is 6. The maximum atomic E-state index is 4.96. The number of imidazole rings is 1.